The molecule has 2 rings (SSSR count). The maximum atomic E-state index is 13.0. The maximum Gasteiger partial charge on any atom is 0.298 e. The Kier molecular flexibility index (Phi) is 7.39. The number of halogens is 1. The lowest BCUT2D eigenvalue weighted by molar-refractivity contribution is -0.119. The van der Waals surface area contributed by atoms with Crippen LogP contribution in [0.3, 0.4) is 0 Å². The van der Waals surface area contributed by atoms with E-state index in [2.05, 4.69) is 27.5 Å². The van der Waals surface area contributed by atoms with Crippen LogP contribution in [-0.2, 0) is 11.3 Å². The van der Waals surface area contributed by atoms with Crippen molar-refractivity contribution in [2.75, 3.05) is 17.6 Å². The van der Waals surface area contributed by atoms with E-state index in [1.165, 1.54) is 11.5 Å². The SMILES string of the molecule is CCCCCNc1nc(Cl)c(C)n(-c2cc(CNC(C)=O)c(C)nc2N)c1=O. The molecule has 2 heterocycles. The topological polar surface area (TPSA) is 115 Å². The van der Waals surface area contributed by atoms with Crippen molar-refractivity contribution in [1.82, 2.24) is 19.9 Å². The smallest absolute Gasteiger partial charge is 0.298 e. The fourth-order valence-corrected chi connectivity index (χ4v) is 2.96. The Balaban J connectivity index is 2.51. The van der Waals surface area contributed by atoms with Gasteiger partial charge in [-0.2, -0.15) is 0 Å². The van der Waals surface area contributed by atoms with E-state index >= 15 is 0 Å². The summed E-state index contributed by atoms with van der Waals surface area (Å²) in [4.78, 5) is 32.8. The van der Waals surface area contributed by atoms with Crippen LogP contribution >= 0.6 is 11.6 Å². The highest BCUT2D eigenvalue weighted by Crippen LogP contribution is 2.23. The molecule has 0 aromatic carbocycles. The third-order valence-electron chi connectivity index (χ3n) is 4.42. The van der Waals surface area contributed by atoms with E-state index in [0.717, 1.165) is 24.8 Å². The van der Waals surface area contributed by atoms with Gasteiger partial charge in [-0.25, -0.2) is 9.97 Å². The number of nitrogens with zero attached hydrogens (tertiary/aromatic N) is 3. The van der Waals surface area contributed by atoms with Gasteiger partial charge in [-0.3, -0.25) is 14.2 Å². The van der Waals surface area contributed by atoms with E-state index in [-0.39, 0.29) is 34.8 Å². The number of amides is 1. The van der Waals surface area contributed by atoms with E-state index in [4.69, 9.17) is 17.3 Å². The standard InChI is InChI=1S/C19H27ClN6O2/c1-5-6-7-8-22-18-19(28)26(12(3)16(20)25-18)15-9-14(10-23-13(4)27)11(2)24-17(15)21/h9H,5-8,10H2,1-4H3,(H2,21,24)(H,22,25)(H,23,27). The summed E-state index contributed by atoms with van der Waals surface area (Å²) in [6.45, 7) is 7.97. The van der Waals surface area contributed by atoms with Gasteiger partial charge < -0.3 is 16.4 Å². The van der Waals surface area contributed by atoms with Crippen molar-refractivity contribution in [3.63, 3.8) is 0 Å². The van der Waals surface area contributed by atoms with Crippen LogP contribution in [0.15, 0.2) is 10.9 Å². The Hall–Kier alpha value is -2.61. The fraction of sp³-hybridized carbons (Fsp3) is 0.474. The Morgan fingerprint density at radius 3 is 2.64 bits per heavy atom. The molecule has 0 aliphatic rings. The number of hydrogen-bond donors (Lipinski definition) is 3. The molecule has 152 valence electrons. The van der Waals surface area contributed by atoms with Crippen LogP contribution in [0.25, 0.3) is 5.69 Å². The van der Waals surface area contributed by atoms with E-state index < -0.39 is 0 Å². The largest absolute Gasteiger partial charge is 0.382 e. The predicted octanol–water partition coefficient (Wildman–Crippen LogP) is 2.72. The number of carbonyl (C=O) groups excluding carboxylic acids is 1. The highest BCUT2D eigenvalue weighted by atomic mass is 35.5. The lowest BCUT2D eigenvalue weighted by Gasteiger charge is -2.17. The van der Waals surface area contributed by atoms with Crippen LogP contribution in [-0.4, -0.2) is 27.0 Å². The summed E-state index contributed by atoms with van der Waals surface area (Å²) in [5, 5.41) is 6.01. The lowest BCUT2D eigenvalue weighted by Crippen LogP contribution is -2.28. The van der Waals surface area contributed by atoms with Crippen molar-refractivity contribution < 1.29 is 4.79 Å². The molecule has 0 unspecified atom stereocenters. The minimum atomic E-state index is -0.346. The first-order chi connectivity index (χ1) is 13.3. The van der Waals surface area contributed by atoms with Gasteiger partial charge in [0.2, 0.25) is 5.91 Å². The molecular formula is C19H27ClN6O2. The van der Waals surface area contributed by atoms with Gasteiger partial charge in [0.15, 0.2) is 11.0 Å². The molecule has 4 N–H and O–H groups in total. The minimum Gasteiger partial charge on any atom is -0.382 e. The fourth-order valence-electron chi connectivity index (χ4n) is 2.80. The van der Waals surface area contributed by atoms with Gasteiger partial charge in [0.05, 0.1) is 11.4 Å². The van der Waals surface area contributed by atoms with Crippen LogP contribution in [0.1, 0.15) is 50.1 Å². The third kappa shape index (κ3) is 5.01. The van der Waals surface area contributed by atoms with Gasteiger partial charge in [-0.1, -0.05) is 31.4 Å². The summed E-state index contributed by atoms with van der Waals surface area (Å²) in [7, 11) is 0. The Morgan fingerprint density at radius 1 is 1.29 bits per heavy atom. The van der Waals surface area contributed by atoms with Crippen molar-refractivity contribution in [2.24, 2.45) is 0 Å². The first-order valence-electron chi connectivity index (χ1n) is 9.30. The van der Waals surface area contributed by atoms with Gasteiger partial charge in [0, 0.05) is 25.7 Å². The number of nitrogens with one attached hydrogen (secondary N) is 2. The second-order valence-corrected chi connectivity index (χ2v) is 7.02. The third-order valence-corrected chi connectivity index (χ3v) is 4.78. The summed E-state index contributed by atoms with van der Waals surface area (Å²) < 4.78 is 1.41. The van der Waals surface area contributed by atoms with Gasteiger partial charge in [-0.15, -0.1) is 0 Å². The quantitative estimate of drug-likeness (QED) is 0.580. The van der Waals surface area contributed by atoms with Gasteiger partial charge in [-0.05, 0) is 31.9 Å². The summed E-state index contributed by atoms with van der Waals surface area (Å²) >= 11 is 6.28. The number of unbranched alkanes of at least 4 members (excludes halogenated alkanes) is 2. The molecule has 8 nitrogen and oxygen atoms in total. The predicted molar refractivity (Wildman–Crippen MR) is 112 cm³/mol. The molecule has 2 aromatic rings. The normalized spacial score (nSPS) is 10.8. The number of nitrogens with two attached hydrogens (primary N) is 1. The van der Waals surface area contributed by atoms with Crippen molar-refractivity contribution in [1.29, 1.82) is 0 Å². The second-order valence-electron chi connectivity index (χ2n) is 6.66. The molecule has 0 saturated carbocycles. The number of hydrogen-bond acceptors (Lipinski definition) is 6. The first kappa shape index (κ1) is 21.7. The Labute approximate surface area is 169 Å². The van der Waals surface area contributed by atoms with E-state index in [0.29, 0.717) is 23.6 Å². The van der Waals surface area contributed by atoms with Crippen LogP contribution in [0.4, 0.5) is 11.6 Å². The average molecular weight is 407 g/mol. The maximum absolute atomic E-state index is 13.0. The molecule has 0 spiro atoms. The molecule has 9 heteroatoms. The van der Waals surface area contributed by atoms with Crippen molar-refractivity contribution in [3.8, 4) is 5.69 Å². The summed E-state index contributed by atoms with van der Waals surface area (Å²) in [5.41, 5.74) is 8.09. The number of nitrogen functional groups attached to an aromatic ring is 1. The molecule has 0 bridgehead atoms. The van der Waals surface area contributed by atoms with Gasteiger partial charge in [0.1, 0.15) is 5.82 Å². The zero-order valence-corrected chi connectivity index (χ0v) is 17.5. The first-order valence-corrected chi connectivity index (χ1v) is 9.67. The van der Waals surface area contributed by atoms with Crippen molar-refractivity contribution >= 4 is 29.1 Å². The van der Waals surface area contributed by atoms with Crippen molar-refractivity contribution in [2.45, 2.75) is 53.5 Å². The number of pyridine rings is 1. The lowest BCUT2D eigenvalue weighted by atomic mass is 10.1. The van der Waals surface area contributed by atoms with E-state index in [1.54, 1.807) is 19.9 Å². The molecule has 0 fully saturated rings. The molecule has 2 aromatic heterocycles. The number of anilines is 2. The van der Waals surface area contributed by atoms with Gasteiger partial charge in [0.25, 0.3) is 5.56 Å². The molecule has 0 saturated heterocycles. The molecule has 28 heavy (non-hydrogen) atoms. The number of rotatable bonds is 8. The van der Waals surface area contributed by atoms with Crippen LogP contribution in [0, 0.1) is 13.8 Å². The molecule has 0 radical (unpaired) electrons. The Morgan fingerprint density at radius 2 is 2.00 bits per heavy atom. The van der Waals surface area contributed by atoms with Gasteiger partial charge >= 0.3 is 0 Å². The summed E-state index contributed by atoms with van der Waals surface area (Å²) in [6, 6.07) is 1.75. The highest BCUT2D eigenvalue weighted by Gasteiger charge is 2.18. The molecule has 0 aliphatic heterocycles. The molecular weight excluding hydrogens is 380 g/mol. The van der Waals surface area contributed by atoms with E-state index in [1.807, 2.05) is 0 Å². The highest BCUT2D eigenvalue weighted by molar-refractivity contribution is 6.30. The van der Waals surface area contributed by atoms with Crippen molar-refractivity contribution in [3.05, 3.63) is 38.5 Å². The molecule has 1 amide bonds. The number of aryl methyl sites for hydroxylation is 1. The second kappa shape index (κ2) is 9.54. The van der Waals surface area contributed by atoms with Crippen LogP contribution in [0.5, 0.6) is 0 Å². The molecule has 0 aliphatic carbocycles. The Bertz CT molecular complexity index is 926. The summed E-state index contributed by atoms with van der Waals surface area (Å²) in [6.07, 6.45) is 3.07. The number of aromatic nitrogens is 3. The minimum absolute atomic E-state index is 0.156. The van der Waals surface area contributed by atoms with Crippen LogP contribution < -0.4 is 21.9 Å². The van der Waals surface area contributed by atoms with Crippen LogP contribution in [0.2, 0.25) is 5.15 Å². The average Bonchev–Trinajstić information content (AvgIpc) is 2.63. The molecule has 0 atom stereocenters. The summed E-state index contributed by atoms with van der Waals surface area (Å²) in [5.74, 6) is 0.222. The monoisotopic (exact) mass is 406 g/mol. The zero-order chi connectivity index (χ0) is 20.8. The van der Waals surface area contributed by atoms with E-state index in [9.17, 15) is 9.59 Å². The number of carbonyl (C=O) groups is 1. The zero-order valence-electron chi connectivity index (χ0n) is 16.7.